The Balaban J connectivity index is 4.46. The van der Waals surface area contributed by atoms with Gasteiger partial charge < -0.3 is 0 Å². The van der Waals surface area contributed by atoms with Crippen molar-refractivity contribution < 1.29 is 0 Å². The Labute approximate surface area is 214 Å². The Morgan fingerprint density at radius 3 is 1.00 bits per heavy atom. The number of rotatable bonds is 18. The van der Waals surface area contributed by atoms with Crippen LogP contribution < -0.4 is 0 Å². The Morgan fingerprint density at radius 1 is 0.452 bits per heavy atom. The molecule has 4 atom stereocenters. The summed E-state index contributed by atoms with van der Waals surface area (Å²) in [5.74, 6) is 0. The van der Waals surface area contributed by atoms with E-state index in [9.17, 15) is 0 Å². The number of unbranched alkanes of at least 4 members (excludes halogenated alkanes) is 2. The van der Waals surface area contributed by atoms with Crippen molar-refractivity contribution in [3.63, 3.8) is 0 Å². The van der Waals surface area contributed by atoms with Crippen LogP contribution in [0, 0.1) is 0 Å². The SMILES string of the molecule is C[SiH](C)CC(C([SiH2]CCCCC[SiH2]C(C(C[SiH](C)C)[SiH](C)C)[SiH](C)C)[SiH](C)C)[SiH](C)C. The Morgan fingerprint density at radius 2 is 0.774 bits per heavy atom. The van der Waals surface area contributed by atoms with Gasteiger partial charge in [-0.15, -0.1) is 0 Å². The molecule has 0 spiro atoms. The fraction of sp³-hybridized carbons (Fsp3) is 1.00. The highest BCUT2D eigenvalue weighted by atomic mass is 28.3. The van der Waals surface area contributed by atoms with Gasteiger partial charge in [0.2, 0.25) is 0 Å². The van der Waals surface area contributed by atoms with Gasteiger partial charge in [-0.3, -0.25) is 0 Å². The Bertz CT molecular complexity index is 388. The van der Waals surface area contributed by atoms with Crippen LogP contribution in [0.4, 0.5) is 0 Å². The second-order valence-corrected chi connectivity index (χ2v) is 39.5. The average molecular weight is 565 g/mol. The fourth-order valence-corrected chi connectivity index (χ4v) is 42.5. The van der Waals surface area contributed by atoms with E-state index in [2.05, 4.69) is 78.6 Å². The summed E-state index contributed by atoms with van der Waals surface area (Å²) in [5.41, 5.74) is 2.49. The average Bonchev–Trinajstić information content (AvgIpc) is 2.62. The molecule has 0 saturated heterocycles. The zero-order chi connectivity index (χ0) is 24.1. The molecule has 0 aromatic carbocycles. The second-order valence-electron chi connectivity index (χ2n) is 13.2. The molecule has 31 heavy (non-hydrogen) atoms. The third kappa shape index (κ3) is 14.7. The van der Waals surface area contributed by atoms with Gasteiger partial charge in [0.1, 0.15) is 0 Å². The van der Waals surface area contributed by atoms with Gasteiger partial charge in [-0.05, 0) is 0 Å². The van der Waals surface area contributed by atoms with Crippen molar-refractivity contribution >= 4 is 71.8 Å². The molecule has 0 heterocycles. The summed E-state index contributed by atoms with van der Waals surface area (Å²) in [6.07, 6.45) is 4.80. The van der Waals surface area contributed by atoms with E-state index >= 15 is 0 Å². The highest BCUT2D eigenvalue weighted by molar-refractivity contribution is 6.76. The summed E-state index contributed by atoms with van der Waals surface area (Å²) in [6, 6.07) is 6.77. The molecule has 0 radical (unpaired) electrons. The van der Waals surface area contributed by atoms with Crippen LogP contribution in [0.2, 0.25) is 124 Å². The third-order valence-corrected chi connectivity index (χ3v) is 35.5. The molecule has 0 N–H and O–H groups in total. The molecular formula is C23H64Si8. The lowest BCUT2D eigenvalue weighted by molar-refractivity contribution is 0.758. The molecular weight excluding hydrogens is 501 g/mol. The van der Waals surface area contributed by atoms with Crippen molar-refractivity contribution in [1.29, 1.82) is 0 Å². The van der Waals surface area contributed by atoms with Crippen molar-refractivity contribution in [2.24, 2.45) is 0 Å². The van der Waals surface area contributed by atoms with Gasteiger partial charge in [-0.2, -0.15) is 0 Å². The van der Waals surface area contributed by atoms with E-state index in [-0.39, 0.29) is 19.0 Å². The van der Waals surface area contributed by atoms with Crippen LogP contribution >= 0.6 is 0 Å². The lowest BCUT2D eigenvalue weighted by atomic mass is 10.3. The Kier molecular flexibility index (Phi) is 19.1. The van der Waals surface area contributed by atoms with Crippen molar-refractivity contribution in [3.8, 4) is 0 Å². The maximum absolute atomic E-state index is 2.69. The molecule has 0 rings (SSSR count). The molecule has 0 aromatic rings. The molecule has 0 bridgehead atoms. The van der Waals surface area contributed by atoms with Gasteiger partial charge in [0, 0.05) is 71.8 Å². The zero-order valence-corrected chi connectivity index (χ0v) is 33.9. The van der Waals surface area contributed by atoms with Gasteiger partial charge >= 0.3 is 0 Å². The third-order valence-electron chi connectivity index (χ3n) is 8.09. The van der Waals surface area contributed by atoms with Crippen molar-refractivity contribution in [2.75, 3.05) is 0 Å². The summed E-state index contributed by atoms with van der Waals surface area (Å²) in [4.78, 5) is 0. The summed E-state index contributed by atoms with van der Waals surface area (Å²) in [5, 5.41) is 2.62. The summed E-state index contributed by atoms with van der Waals surface area (Å²) in [7, 11) is -2.20. The van der Waals surface area contributed by atoms with Gasteiger partial charge in [0.25, 0.3) is 0 Å². The molecule has 0 aliphatic rings. The van der Waals surface area contributed by atoms with Gasteiger partial charge in [0.15, 0.2) is 0 Å². The molecule has 0 aromatic heterocycles. The largest absolute Gasteiger partial charge is 0.0722 e. The van der Waals surface area contributed by atoms with Gasteiger partial charge in [0.05, 0.1) is 0 Å². The summed E-state index contributed by atoms with van der Waals surface area (Å²) < 4.78 is 0. The minimum absolute atomic E-state index is 0.192. The van der Waals surface area contributed by atoms with Gasteiger partial charge in [-0.1, -0.05) is 143 Å². The first-order chi connectivity index (χ1) is 14.4. The molecule has 8 heteroatoms. The van der Waals surface area contributed by atoms with Crippen LogP contribution in [0.15, 0.2) is 0 Å². The van der Waals surface area contributed by atoms with E-state index in [1.54, 1.807) is 43.4 Å². The molecule has 0 saturated carbocycles. The van der Waals surface area contributed by atoms with Crippen molar-refractivity contribution in [2.45, 2.75) is 143 Å². The maximum Gasteiger partial charge on any atom is 0.0330 e. The lowest BCUT2D eigenvalue weighted by Crippen LogP contribution is -2.31. The quantitative estimate of drug-likeness (QED) is 0.149. The molecule has 188 valence electrons. The van der Waals surface area contributed by atoms with E-state index in [1.165, 1.54) is 21.4 Å². The first-order valence-electron chi connectivity index (χ1n) is 14.4. The standard InChI is InChI=1S/C23H64Si8/c1-26(2)18-20(28(5)6)22(30(9)10)24-16-14-13-15-17-25-23(31(11)12)21(29(7)8)19-27(3)4/h20-23,26-31H,13-19,24-25H2,1-12H3. The predicted molar refractivity (Wildman–Crippen MR) is 178 cm³/mol. The van der Waals surface area contributed by atoms with Crippen LogP contribution in [0.5, 0.6) is 0 Å². The fourth-order valence-electron chi connectivity index (χ4n) is 6.35. The van der Waals surface area contributed by atoms with Crippen molar-refractivity contribution in [3.05, 3.63) is 0 Å². The highest BCUT2D eigenvalue weighted by Gasteiger charge is 2.30. The second kappa shape index (κ2) is 18.1. The summed E-state index contributed by atoms with van der Waals surface area (Å²) >= 11 is 0. The van der Waals surface area contributed by atoms with Gasteiger partial charge in [-0.25, -0.2) is 0 Å². The topological polar surface area (TPSA) is 0 Å². The minimum Gasteiger partial charge on any atom is -0.0722 e. The number of hydrogen-bond acceptors (Lipinski definition) is 0. The Hall–Kier alpha value is 1.74. The van der Waals surface area contributed by atoms with Crippen LogP contribution in [0.1, 0.15) is 19.3 Å². The first kappa shape index (κ1) is 32.7. The van der Waals surface area contributed by atoms with Crippen LogP contribution in [-0.2, 0) is 0 Å². The van der Waals surface area contributed by atoms with Crippen molar-refractivity contribution in [1.82, 2.24) is 0 Å². The highest BCUT2D eigenvalue weighted by Crippen LogP contribution is 2.37. The van der Waals surface area contributed by atoms with Crippen LogP contribution in [0.25, 0.3) is 0 Å². The van der Waals surface area contributed by atoms with E-state index in [0.29, 0.717) is 0 Å². The molecule has 0 amide bonds. The van der Waals surface area contributed by atoms with Crippen LogP contribution in [-0.4, -0.2) is 71.8 Å². The summed E-state index contributed by atoms with van der Waals surface area (Å²) in [6.45, 7) is 31.9. The maximum atomic E-state index is 2.69. The number of hydrogen-bond donors (Lipinski definition) is 0. The zero-order valence-electron chi connectivity index (χ0n) is 24.1. The first-order valence-corrected chi connectivity index (χ1v) is 36.2. The molecule has 0 nitrogen and oxygen atoms in total. The predicted octanol–water partition coefficient (Wildman–Crippen LogP) is 5.65. The van der Waals surface area contributed by atoms with E-state index in [4.69, 9.17) is 0 Å². The normalized spacial score (nSPS) is 17.6. The smallest absolute Gasteiger partial charge is 0.0330 e. The van der Waals surface area contributed by atoms with E-state index in [1.807, 2.05) is 0 Å². The molecule has 0 aliphatic carbocycles. The lowest BCUT2D eigenvalue weighted by Gasteiger charge is -2.33. The minimum atomic E-state index is -0.456. The molecule has 0 fully saturated rings. The van der Waals surface area contributed by atoms with E-state index < -0.39 is 52.8 Å². The van der Waals surface area contributed by atoms with E-state index in [0.717, 1.165) is 0 Å². The molecule has 4 unspecified atom stereocenters. The van der Waals surface area contributed by atoms with Crippen LogP contribution in [0.3, 0.4) is 0 Å². The molecule has 0 aliphatic heterocycles. The monoisotopic (exact) mass is 564 g/mol.